The van der Waals surface area contributed by atoms with Crippen LogP contribution in [-0.4, -0.2) is 41.5 Å². The Bertz CT molecular complexity index is 1400. The van der Waals surface area contributed by atoms with Gasteiger partial charge < -0.3 is 14.6 Å². The van der Waals surface area contributed by atoms with Crippen LogP contribution < -0.4 is 9.64 Å². The van der Waals surface area contributed by atoms with E-state index in [4.69, 9.17) is 9.47 Å². The van der Waals surface area contributed by atoms with Crippen molar-refractivity contribution in [1.82, 2.24) is 4.98 Å². The summed E-state index contributed by atoms with van der Waals surface area (Å²) in [6.45, 7) is 5.17. The van der Waals surface area contributed by atoms with Crippen LogP contribution in [0.5, 0.6) is 5.75 Å². The molecule has 1 aromatic heterocycles. The number of hydrogen-bond donors (Lipinski definition) is 1. The molecular weight excluding hydrogens is 548 g/mol. The topological polar surface area (TPSA) is 106 Å². The number of ketones is 1. The quantitative estimate of drug-likeness (QED) is 0.137. The van der Waals surface area contributed by atoms with E-state index >= 15 is 0 Å². The van der Waals surface area contributed by atoms with Crippen molar-refractivity contribution in [1.29, 1.82) is 0 Å². The monoisotopic (exact) mass is 568 g/mol. The molecule has 10 heteroatoms. The Labute approximate surface area is 219 Å². The third-order valence-corrected chi connectivity index (χ3v) is 7.11. The summed E-state index contributed by atoms with van der Waals surface area (Å²) in [4.78, 5) is 44.9. The van der Waals surface area contributed by atoms with Gasteiger partial charge in [-0.05, 0) is 48.9 Å². The van der Waals surface area contributed by atoms with E-state index in [9.17, 15) is 19.5 Å². The normalized spacial score (nSPS) is 16.8. The molecule has 36 heavy (non-hydrogen) atoms. The van der Waals surface area contributed by atoms with E-state index in [1.807, 2.05) is 0 Å². The largest absolute Gasteiger partial charge is 0.507 e. The number of amides is 1. The third kappa shape index (κ3) is 4.69. The molecule has 0 bridgehead atoms. The smallest absolute Gasteiger partial charge is 0.350 e. The van der Waals surface area contributed by atoms with Crippen molar-refractivity contribution in [3.05, 3.63) is 92.9 Å². The Kier molecular flexibility index (Phi) is 7.37. The van der Waals surface area contributed by atoms with Crippen LogP contribution in [0.2, 0.25) is 0 Å². The lowest BCUT2D eigenvalue weighted by Crippen LogP contribution is -2.29. The van der Waals surface area contributed by atoms with E-state index in [1.165, 1.54) is 18.1 Å². The molecule has 1 aliphatic heterocycles. The van der Waals surface area contributed by atoms with Crippen LogP contribution in [0, 0.1) is 6.92 Å². The zero-order chi connectivity index (χ0) is 26.0. The molecule has 8 nitrogen and oxygen atoms in total. The minimum absolute atomic E-state index is 0.0237. The maximum absolute atomic E-state index is 13.3. The van der Waals surface area contributed by atoms with Crippen molar-refractivity contribution < 1.29 is 29.0 Å². The molecule has 3 aromatic rings. The van der Waals surface area contributed by atoms with Crippen molar-refractivity contribution in [2.24, 2.45) is 0 Å². The molecule has 2 heterocycles. The predicted octanol–water partition coefficient (Wildman–Crippen LogP) is 5.19. The number of hydrogen-bond acceptors (Lipinski definition) is 8. The van der Waals surface area contributed by atoms with Crippen molar-refractivity contribution in [3.63, 3.8) is 0 Å². The summed E-state index contributed by atoms with van der Waals surface area (Å²) in [6.07, 6.45) is 1.44. The fraction of sp³-hybridized carbons (Fsp3) is 0.154. The van der Waals surface area contributed by atoms with Gasteiger partial charge in [0.25, 0.3) is 5.78 Å². The SMILES string of the molecule is C=CCOC(=O)c1sc(N2C(=O)C(=O)/C(=C(\O)c3ccc(OC)cc3)C2c2cccc(Br)c2)nc1C. The van der Waals surface area contributed by atoms with Gasteiger partial charge in [-0.25, -0.2) is 9.78 Å². The second-order valence-corrected chi connectivity index (χ2v) is 9.64. The van der Waals surface area contributed by atoms with Gasteiger partial charge in [0, 0.05) is 10.0 Å². The minimum atomic E-state index is -0.979. The Hall–Kier alpha value is -3.76. The number of ether oxygens (including phenoxy) is 2. The molecule has 1 N–H and O–H groups in total. The molecule has 1 saturated heterocycles. The summed E-state index contributed by atoms with van der Waals surface area (Å²) in [5.41, 5.74) is 1.18. The maximum atomic E-state index is 13.3. The minimum Gasteiger partial charge on any atom is -0.507 e. The van der Waals surface area contributed by atoms with Crippen LogP contribution in [0.4, 0.5) is 5.13 Å². The first-order valence-corrected chi connectivity index (χ1v) is 12.3. The first kappa shape index (κ1) is 25.3. The van der Waals surface area contributed by atoms with Gasteiger partial charge in [-0.3, -0.25) is 14.5 Å². The number of carbonyl (C=O) groups is 3. The van der Waals surface area contributed by atoms with Crippen molar-refractivity contribution in [3.8, 4) is 5.75 Å². The van der Waals surface area contributed by atoms with Crippen molar-refractivity contribution >= 4 is 55.8 Å². The first-order chi connectivity index (χ1) is 17.3. The van der Waals surface area contributed by atoms with Gasteiger partial charge in [0.05, 0.1) is 24.4 Å². The molecule has 1 unspecified atom stereocenters. The standard InChI is InChI=1S/C26H21BrN2O6S/c1-4-12-35-25(33)23-14(2)28-26(36-23)29-20(16-6-5-7-17(27)13-16)19(22(31)24(29)32)21(30)15-8-10-18(34-3)11-9-15/h4-11,13,20,30H,1,12H2,2-3H3/b21-19-. The fourth-order valence-electron chi connectivity index (χ4n) is 3.80. The highest BCUT2D eigenvalue weighted by Crippen LogP contribution is 2.44. The Morgan fingerprint density at radius 3 is 2.61 bits per heavy atom. The molecule has 1 fully saturated rings. The number of aryl methyl sites for hydroxylation is 1. The number of Topliss-reactive ketones (excluding diaryl/α,β-unsaturated/α-hetero) is 1. The van der Waals surface area contributed by atoms with Gasteiger partial charge in [0.15, 0.2) is 5.13 Å². The zero-order valence-corrected chi connectivity index (χ0v) is 21.8. The lowest BCUT2D eigenvalue weighted by atomic mass is 9.95. The van der Waals surface area contributed by atoms with E-state index in [2.05, 4.69) is 27.5 Å². The number of esters is 1. The van der Waals surface area contributed by atoms with E-state index in [0.29, 0.717) is 22.6 Å². The summed E-state index contributed by atoms with van der Waals surface area (Å²) in [5, 5.41) is 11.3. The molecule has 2 aromatic carbocycles. The Balaban J connectivity index is 1.88. The molecule has 4 rings (SSSR count). The molecule has 1 amide bonds. The van der Waals surface area contributed by atoms with E-state index < -0.39 is 23.7 Å². The number of anilines is 1. The second kappa shape index (κ2) is 10.5. The van der Waals surface area contributed by atoms with Gasteiger partial charge in [0.1, 0.15) is 23.0 Å². The summed E-state index contributed by atoms with van der Waals surface area (Å²) in [6, 6.07) is 12.6. The fourth-order valence-corrected chi connectivity index (χ4v) is 5.21. The van der Waals surface area contributed by atoms with Crippen LogP contribution in [0.15, 0.2) is 71.2 Å². The summed E-state index contributed by atoms with van der Waals surface area (Å²) >= 11 is 4.37. The average Bonchev–Trinajstić information content (AvgIpc) is 3.38. The number of aliphatic hydroxyl groups is 1. The molecule has 1 atom stereocenters. The Morgan fingerprint density at radius 2 is 1.97 bits per heavy atom. The summed E-state index contributed by atoms with van der Waals surface area (Å²) in [7, 11) is 1.52. The highest BCUT2D eigenvalue weighted by molar-refractivity contribution is 9.10. The molecule has 184 valence electrons. The number of rotatable bonds is 7. The lowest BCUT2D eigenvalue weighted by molar-refractivity contribution is -0.132. The number of halogens is 1. The number of carbonyl (C=O) groups excluding carboxylic acids is 3. The highest BCUT2D eigenvalue weighted by atomic mass is 79.9. The number of aromatic nitrogens is 1. The molecule has 1 aliphatic rings. The number of aliphatic hydroxyl groups excluding tert-OH is 1. The number of methoxy groups -OCH3 is 1. The van der Waals surface area contributed by atoms with Crippen molar-refractivity contribution in [2.45, 2.75) is 13.0 Å². The van der Waals surface area contributed by atoms with Crippen LogP contribution in [0.1, 0.15) is 32.5 Å². The van der Waals surface area contributed by atoms with Gasteiger partial charge in [-0.15, -0.1) is 0 Å². The molecule has 0 radical (unpaired) electrons. The molecule has 0 saturated carbocycles. The van der Waals surface area contributed by atoms with Gasteiger partial charge in [0.2, 0.25) is 0 Å². The van der Waals surface area contributed by atoms with E-state index in [0.717, 1.165) is 15.8 Å². The maximum Gasteiger partial charge on any atom is 0.350 e. The second-order valence-electron chi connectivity index (χ2n) is 7.75. The van der Waals surface area contributed by atoms with Gasteiger partial charge in [-0.1, -0.05) is 52.1 Å². The van der Waals surface area contributed by atoms with Crippen LogP contribution in [-0.2, 0) is 14.3 Å². The Morgan fingerprint density at radius 1 is 1.25 bits per heavy atom. The number of nitrogens with zero attached hydrogens (tertiary/aromatic N) is 2. The van der Waals surface area contributed by atoms with Crippen LogP contribution >= 0.6 is 27.3 Å². The lowest BCUT2D eigenvalue weighted by Gasteiger charge is -2.23. The number of thiazole rings is 1. The zero-order valence-electron chi connectivity index (χ0n) is 19.4. The molecular formula is C26H21BrN2O6S. The summed E-state index contributed by atoms with van der Waals surface area (Å²) < 4.78 is 11.0. The predicted molar refractivity (Wildman–Crippen MR) is 139 cm³/mol. The summed E-state index contributed by atoms with van der Waals surface area (Å²) in [5.74, 6) is -2.09. The molecule has 0 aliphatic carbocycles. The van der Waals surface area contributed by atoms with Crippen molar-refractivity contribution in [2.75, 3.05) is 18.6 Å². The van der Waals surface area contributed by atoms with E-state index in [-0.39, 0.29) is 27.9 Å². The van der Waals surface area contributed by atoms with Gasteiger partial charge in [-0.2, -0.15) is 0 Å². The number of benzene rings is 2. The van der Waals surface area contributed by atoms with Gasteiger partial charge >= 0.3 is 11.9 Å². The molecule has 0 spiro atoms. The van der Waals surface area contributed by atoms with Crippen LogP contribution in [0.25, 0.3) is 5.76 Å². The van der Waals surface area contributed by atoms with E-state index in [1.54, 1.807) is 55.5 Å². The van der Waals surface area contributed by atoms with Crippen LogP contribution in [0.3, 0.4) is 0 Å². The first-order valence-electron chi connectivity index (χ1n) is 10.7. The average molecular weight is 569 g/mol. The highest BCUT2D eigenvalue weighted by Gasteiger charge is 2.48. The third-order valence-electron chi connectivity index (χ3n) is 5.48.